The fraction of sp³-hybridized carbons (Fsp3) is 0.611. The Balaban J connectivity index is 0.00000288. The van der Waals surface area contributed by atoms with Crippen molar-refractivity contribution in [1.82, 2.24) is 4.98 Å². The van der Waals surface area contributed by atoms with Gasteiger partial charge in [-0.05, 0) is 30.9 Å². The third-order valence-corrected chi connectivity index (χ3v) is 4.72. The molecule has 24 heavy (non-hydrogen) atoms. The zero-order chi connectivity index (χ0) is 16.5. The van der Waals surface area contributed by atoms with Gasteiger partial charge < -0.3 is 10.5 Å². The van der Waals surface area contributed by atoms with Gasteiger partial charge >= 0.3 is 5.97 Å². The zero-order valence-electron chi connectivity index (χ0n) is 14.0. The summed E-state index contributed by atoms with van der Waals surface area (Å²) in [6.45, 7) is 0.428. The lowest BCUT2D eigenvalue weighted by Crippen LogP contribution is -2.29. The second kappa shape index (κ2) is 11.4. The summed E-state index contributed by atoms with van der Waals surface area (Å²) in [6.07, 6.45) is 11.7. The zero-order valence-corrected chi connectivity index (χ0v) is 15.6. The minimum absolute atomic E-state index is 0. The van der Waals surface area contributed by atoms with Gasteiger partial charge in [0.25, 0.3) is 0 Å². The highest BCUT2D eigenvalue weighted by Gasteiger charge is 2.26. The normalized spacial score (nSPS) is 16.0. The lowest BCUT2D eigenvalue weighted by atomic mass is 9.86. The number of hydrogen-bond acceptors (Lipinski definition) is 4. The van der Waals surface area contributed by atoms with Crippen molar-refractivity contribution >= 4 is 35.6 Å². The minimum Gasteiger partial charge on any atom is -0.465 e. The van der Waals surface area contributed by atoms with Gasteiger partial charge in [0.2, 0.25) is 0 Å². The molecule has 6 heteroatoms. The molecule has 0 aliphatic heterocycles. The van der Waals surface area contributed by atoms with Crippen LogP contribution in [-0.4, -0.2) is 22.5 Å². The summed E-state index contributed by atoms with van der Waals surface area (Å²) < 4.78 is 5.36. The molecule has 0 bridgehead atoms. The molecular weight excluding hydrogens is 344 g/mol. The van der Waals surface area contributed by atoms with Crippen LogP contribution in [-0.2, 0) is 9.53 Å². The average Bonchev–Trinajstić information content (AvgIpc) is 2.56. The molecule has 2 N–H and O–H groups in total. The first-order valence-corrected chi connectivity index (χ1v) is 8.96. The Hall–Kier alpha value is -1.20. The molecule has 0 aromatic carbocycles. The number of ether oxygens (including phenoxy) is 1. The molecule has 2 rings (SSSR count). The third kappa shape index (κ3) is 6.73. The predicted octanol–water partition coefficient (Wildman–Crippen LogP) is 4.17. The molecule has 1 saturated carbocycles. The summed E-state index contributed by atoms with van der Waals surface area (Å²) in [7, 11) is 0. The van der Waals surface area contributed by atoms with Crippen molar-refractivity contribution in [2.24, 2.45) is 11.7 Å². The molecule has 0 spiro atoms. The second-order valence-electron chi connectivity index (χ2n) is 6.26. The lowest BCUT2D eigenvalue weighted by Gasteiger charge is -2.21. The summed E-state index contributed by atoms with van der Waals surface area (Å²) in [5.74, 6) is -0.268. The van der Waals surface area contributed by atoms with Crippen molar-refractivity contribution < 1.29 is 9.53 Å². The van der Waals surface area contributed by atoms with E-state index in [0.29, 0.717) is 12.3 Å². The van der Waals surface area contributed by atoms with E-state index in [9.17, 15) is 4.79 Å². The number of carbonyl (C=O) groups is 1. The highest BCUT2D eigenvalue weighted by atomic mass is 35.5. The number of pyridine rings is 1. The van der Waals surface area contributed by atoms with Crippen molar-refractivity contribution in [2.75, 3.05) is 6.61 Å². The molecule has 1 unspecified atom stereocenters. The van der Waals surface area contributed by atoms with E-state index in [0.717, 1.165) is 18.8 Å². The van der Waals surface area contributed by atoms with Crippen LogP contribution in [0.3, 0.4) is 0 Å². The lowest BCUT2D eigenvalue weighted by molar-refractivity contribution is -0.143. The molecule has 134 valence electrons. The fourth-order valence-corrected chi connectivity index (χ4v) is 3.41. The molecule has 0 amide bonds. The summed E-state index contributed by atoms with van der Waals surface area (Å²) in [4.78, 5) is 16.5. The van der Waals surface area contributed by atoms with E-state index in [4.69, 9.17) is 22.7 Å². The Morgan fingerprint density at radius 2 is 2.04 bits per heavy atom. The number of esters is 1. The van der Waals surface area contributed by atoms with Crippen molar-refractivity contribution in [3.05, 3.63) is 30.1 Å². The molecule has 1 aromatic heterocycles. The van der Waals surface area contributed by atoms with Gasteiger partial charge in [0.15, 0.2) is 0 Å². The van der Waals surface area contributed by atoms with Crippen molar-refractivity contribution in [3.63, 3.8) is 0 Å². The van der Waals surface area contributed by atoms with Crippen LogP contribution >= 0.6 is 24.6 Å². The molecule has 1 atom stereocenters. The van der Waals surface area contributed by atoms with Gasteiger partial charge in [-0.1, -0.05) is 56.8 Å². The first-order valence-electron chi connectivity index (χ1n) is 8.55. The van der Waals surface area contributed by atoms with Gasteiger partial charge in [-0.3, -0.25) is 9.78 Å². The Kier molecular flexibility index (Phi) is 9.88. The van der Waals surface area contributed by atoms with Crippen LogP contribution in [0.5, 0.6) is 0 Å². The highest BCUT2D eigenvalue weighted by Crippen LogP contribution is 2.27. The quantitative estimate of drug-likeness (QED) is 0.422. The number of hydrogen-bond donors (Lipinski definition) is 1. The maximum Gasteiger partial charge on any atom is 0.321 e. The van der Waals surface area contributed by atoms with Gasteiger partial charge in [0.05, 0.1) is 17.3 Å². The van der Waals surface area contributed by atoms with E-state index < -0.39 is 11.9 Å². The Labute approximate surface area is 156 Å². The number of aromatic nitrogens is 1. The van der Waals surface area contributed by atoms with Gasteiger partial charge in [-0.15, -0.1) is 12.4 Å². The van der Waals surface area contributed by atoms with E-state index in [2.05, 4.69) is 4.98 Å². The van der Waals surface area contributed by atoms with Crippen LogP contribution in [0, 0.1) is 5.92 Å². The largest absolute Gasteiger partial charge is 0.465 e. The van der Waals surface area contributed by atoms with E-state index in [-0.39, 0.29) is 17.4 Å². The number of halogens is 1. The van der Waals surface area contributed by atoms with Crippen LogP contribution in [0.25, 0.3) is 0 Å². The standard InChI is InChI=1S/C18H26N2O2S.ClH/c19-17(23)16(15-11-4-6-12-20-15)18(21)22-13-7-5-10-14-8-2-1-3-9-14;/h4,6,11-12,14,16H,1-3,5,7-10,13H2,(H2,19,23);1H. The first kappa shape index (κ1) is 20.8. The Morgan fingerprint density at radius 1 is 1.29 bits per heavy atom. The fourth-order valence-electron chi connectivity index (χ4n) is 3.20. The van der Waals surface area contributed by atoms with Crippen LogP contribution in [0.2, 0.25) is 0 Å². The number of unbranched alkanes of at least 4 members (excludes halogenated alkanes) is 1. The van der Waals surface area contributed by atoms with Crippen molar-refractivity contribution in [2.45, 2.75) is 57.3 Å². The van der Waals surface area contributed by atoms with Crippen molar-refractivity contribution in [1.29, 1.82) is 0 Å². The van der Waals surface area contributed by atoms with Crippen molar-refractivity contribution in [3.8, 4) is 0 Å². The highest BCUT2D eigenvalue weighted by molar-refractivity contribution is 7.80. The van der Waals surface area contributed by atoms with Crippen LogP contribution in [0.1, 0.15) is 63.0 Å². The molecule has 1 heterocycles. The Bertz CT molecular complexity index is 507. The van der Waals surface area contributed by atoms with Gasteiger partial charge in [-0.2, -0.15) is 0 Å². The second-order valence-corrected chi connectivity index (χ2v) is 6.73. The smallest absolute Gasteiger partial charge is 0.321 e. The predicted molar refractivity (Wildman–Crippen MR) is 102 cm³/mol. The number of thiocarbonyl (C=S) groups is 1. The molecular formula is C18H27ClN2O2S. The summed E-state index contributed by atoms with van der Waals surface area (Å²) >= 11 is 5.00. The minimum atomic E-state index is -0.746. The molecule has 1 fully saturated rings. The molecule has 1 aromatic rings. The maximum absolute atomic E-state index is 12.2. The maximum atomic E-state index is 12.2. The van der Waals surface area contributed by atoms with Crippen LogP contribution in [0.4, 0.5) is 0 Å². The summed E-state index contributed by atoms with van der Waals surface area (Å²) in [5, 5.41) is 0. The van der Waals surface area contributed by atoms with E-state index in [1.54, 1.807) is 18.3 Å². The van der Waals surface area contributed by atoms with E-state index in [1.165, 1.54) is 38.5 Å². The number of rotatable bonds is 8. The number of nitrogens with zero attached hydrogens (tertiary/aromatic N) is 1. The topological polar surface area (TPSA) is 65.2 Å². The molecule has 4 nitrogen and oxygen atoms in total. The molecule has 1 aliphatic rings. The van der Waals surface area contributed by atoms with Gasteiger partial charge in [0, 0.05) is 6.20 Å². The van der Waals surface area contributed by atoms with Gasteiger partial charge in [0.1, 0.15) is 5.92 Å². The first-order chi connectivity index (χ1) is 11.2. The monoisotopic (exact) mass is 370 g/mol. The summed E-state index contributed by atoms with van der Waals surface area (Å²) in [6, 6.07) is 5.34. The van der Waals surface area contributed by atoms with Gasteiger partial charge in [-0.25, -0.2) is 0 Å². The van der Waals surface area contributed by atoms with Crippen LogP contribution < -0.4 is 5.73 Å². The molecule has 0 saturated heterocycles. The third-order valence-electron chi connectivity index (χ3n) is 4.48. The van der Waals surface area contributed by atoms with Crippen LogP contribution in [0.15, 0.2) is 24.4 Å². The summed E-state index contributed by atoms with van der Waals surface area (Å²) in [5.41, 5.74) is 6.24. The Morgan fingerprint density at radius 3 is 2.67 bits per heavy atom. The molecule has 1 aliphatic carbocycles. The average molecular weight is 371 g/mol. The van der Waals surface area contributed by atoms with E-state index >= 15 is 0 Å². The number of carbonyl (C=O) groups excluding carboxylic acids is 1. The molecule has 0 radical (unpaired) electrons. The number of nitrogens with two attached hydrogens (primary N) is 1. The SMILES string of the molecule is Cl.NC(=S)C(C(=O)OCCCCC1CCCCC1)c1ccccn1. The van der Waals surface area contributed by atoms with E-state index in [1.807, 2.05) is 6.07 Å².